The van der Waals surface area contributed by atoms with Crippen LogP contribution in [0.2, 0.25) is 0 Å². The molecular formula is C16H32NO8P. The first-order chi connectivity index (χ1) is 12.3. The van der Waals surface area contributed by atoms with Crippen LogP contribution >= 0.6 is 7.82 Å². The Morgan fingerprint density at radius 3 is 2.35 bits per heavy atom. The lowest BCUT2D eigenvalue weighted by Gasteiger charge is -2.19. The molecule has 0 aliphatic carbocycles. The van der Waals surface area contributed by atoms with E-state index in [2.05, 4.69) is 11.4 Å². The highest BCUT2D eigenvalue weighted by Gasteiger charge is 2.25. The number of carbonyl (C=O) groups is 2. The van der Waals surface area contributed by atoms with Crippen LogP contribution in [0.4, 0.5) is 0 Å². The van der Waals surface area contributed by atoms with Crippen molar-refractivity contribution < 1.29 is 37.6 Å². The van der Waals surface area contributed by atoms with E-state index in [-0.39, 0.29) is 26.2 Å². The molecule has 0 radical (unpaired) electrons. The third-order valence-corrected chi connectivity index (χ3v) is 4.28. The van der Waals surface area contributed by atoms with Gasteiger partial charge in [0.1, 0.15) is 6.61 Å². The van der Waals surface area contributed by atoms with E-state index in [1.807, 2.05) is 0 Å². The maximum absolute atomic E-state index is 11.7. The average Bonchev–Trinajstić information content (AvgIpc) is 2.58. The molecule has 0 saturated carbocycles. The summed E-state index contributed by atoms with van der Waals surface area (Å²) < 4.78 is 30.8. The van der Waals surface area contributed by atoms with Crippen molar-refractivity contribution in [2.45, 2.75) is 64.9 Å². The van der Waals surface area contributed by atoms with Crippen molar-refractivity contribution in [3.8, 4) is 0 Å². The zero-order chi connectivity index (χ0) is 19.8. The minimum atomic E-state index is -4.30. The van der Waals surface area contributed by atoms with Gasteiger partial charge in [-0.2, -0.15) is 0 Å². The molecule has 0 aliphatic rings. The molecule has 10 heteroatoms. The third-order valence-electron chi connectivity index (χ3n) is 3.29. The highest BCUT2D eigenvalue weighted by atomic mass is 31.2. The Morgan fingerprint density at radius 2 is 1.73 bits per heavy atom. The Balaban J connectivity index is 4.14. The van der Waals surface area contributed by atoms with Gasteiger partial charge in [0.15, 0.2) is 6.10 Å². The zero-order valence-corrected chi connectivity index (χ0v) is 16.6. The van der Waals surface area contributed by atoms with Crippen LogP contribution in [0, 0.1) is 0 Å². The first-order valence-corrected chi connectivity index (χ1v) is 10.4. The fourth-order valence-corrected chi connectivity index (χ4v) is 2.81. The van der Waals surface area contributed by atoms with Crippen LogP contribution in [-0.4, -0.2) is 49.3 Å². The number of carbonyl (C=O) groups excluding carboxylic acids is 2. The average molecular weight is 397 g/mol. The predicted octanol–water partition coefficient (Wildman–Crippen LogP) is 2.30. The van der Waals surface area contributed by atoms with E-state index in [1.54, 1.807) is 0 Å². The van der Waals surface area contributed by atoms with Gasteiger partial charge in [0.05, 0.1) is 13.2 Å². The van der Waals surface area contributed by atoms with E-state index in [1.165, 1.54) is 19.8 Å². The van der Waals surface area contributed by atoms with Crippen molar-refractivity contribution in [1.29, 1.82) is 0 Å². The lowest BCUT2D eigenvalue weighted by atomic mass is 10.1. The van der Waals surface area contributed by atoms with Gasteiger partial charge in [-0.1, -0.05) is 39.0 Å². The fourth-order valence-electron chi connectivity index (χ4n) is 2.04. The fraction of sp³-hybridized carbons (Fsp3) is 0.875. The molecule has 0 amide bonds. The largest absolute Gasteiger partial charge is 0.472 e. The summed E-state index contributed by atoms with van der Waals surface area (Å²) in [7, 11) is -4.30. The first-order valence-electron chi connectivity index (χ1n) is 8.95. The molecular weight excluding hydrogens is 365 g/mol. The number of unbranched alkanes of at least 4 members (excludes halogenated alkanes) is 5. The van der Waals surface area contributed by atoms with Crippen LogP contribution in [0.5, 0.6) is 0 Å². The molecule has 0 aromatic rings. The van der Waals surface area contributed by atoms with Crippen LogP contribution in [0.25, 0.3) is 0 Å². The molecule has 0 rings (SSSR count). The van der Waals surface area contributed by atoms with Gasteiger partial charge in [0, 0.05) is 19.9 Å². The molecule has 154 valence electrons. The first kappa shape index (κ1) is 25.0. The highest BCUT2D eigenvalue weighted by molar-refractivity contribution is 7.47. The number of rotatable bonds is 16. The second-order valence-corrected chi connectivity index (χ2v) is 7.27. The third kappa shape index (κ3) is 15.3. The van der Waals surface area contributed by atoms with Crippen LogP contribution in [0.15, 0.2) is 0 Å². The second kappa shape index (κ2) is 15.1. The standard InChI is InChI=1S/C16H32NO8P/c1-3-4-5-6-7-8-9-16(19)22-12-15(25-14(2)18)13-24-26(20,21)23-11-10-17/h15H,3-13,17H2,1-2H3,(H,20,21)/t15-/m1/s1. The Morgan fingerprint density at radius 1 is 1.08 bits per heavy atom. The smallest absolute Gasteiger partial charge is 0.462 e. The number of hydrogen-bond donors (Lipinski definition) is 2. The van der Waals surface area contributed by atoms with E-state index in [4.69, 9.17) is 19.7 Å². The highest BCUT2D eigenvalue weighted by Crippen LogP contribution is 2.42. The van der Waals surface area contributed by atoms with E-state index < -0.39 is 32.5 Å². The molecule has 0 aromatic carbocycles. The van der Waals surface area contributed by atoms with Gasteiger partial charge in [-0.05, 0) is 6.42 Å². The van der Waals surface area contributed by atoms with Crippen molar-refractivity contribution in [1.82, 2.24) is 0 Å². The number of phosphoric acid groups is 1. The number of esters is 2. The summed E-state index contributed by atoms with van der Waals surface area (Å²) in [5.41, 5.74) is 5.17. The van der Waals surface area contributed by atoms with Gasteiger partial charge < -0.3 is 20.1 Å². The van der Waals surface area contributed by atoms with Crippen molar-refractivity contribution in [3.63, 3.8) is 0 Å². The van der Waals surface area contributed by atoms with Crippen LogP contribution in [0.3, 0.4) is 0 Å². The molecule has 3 N–H and O–H groups in total. The SMILES string of the molecule is CCCCCCCCC(=O)OC[C@H](COP(=O)(O)OCCN)OC(C)=O. The maximum atomic E-state index is 11.7. The van der Waals surface area contributed by atoms with Gasteiger partial charge in [0.25, 0.3) is 0 Å². The normalized spacial score (nSPS) is 14.5. The van der Waals surface area contributed by atoms with Crippen molar-refractivity contribution in [2.75, 3.05) is 26.4 Å². The molecule has 0 spiro atoms. The molecule has 0 bridgehead atoms. The van der Waals surface area contributed by atoms with Gasteiger partial charge >= 0.3 is 19.8 Å². The van der Waals surface area contributed by atoms with Crippen molar-refractivity contribution >= 4 is 19.8 Å². The van der Waals surface area contributed by atoms with E-state index in [0.717, 1.165) is 25.7 Å². The number of phosphoric ester groups is 1. The monoisotopic (exact) mass is 397 g/mol. The predicted molar refractivity (Wildman–Crippen MR) is 95.3 cm³/mol. The summed E-state index contributed by atoms with van der Waals surface area (Å²) in [6.45, 7) is 2.51. The summed E-state index contributed by atoms with van der Waals surface area (Å²) in [6.07, 6.45) is 5.57. The minimum Gasteiger partial charge on any atom is -0.462 e. The molecule has 0 heterocycles. The molecule has 1 unspecified atom stereocenters. The summed E-state index contributed by atoms with van der Waals surface area (Å²) in [4.78, 5) is 32.2. The number of hydrogen-bond acceptors (Lipinski definition) is 8. The quantitative estimate of drug-likeness (QED) is 0.228. The Hall–Kier alpha value is -0.990. The Bertz CT molecular complexity index is 446. The molecule has 26 heavy (non-hydrogen) atoms. The minimum absolute atomic E-state index is 0.0529. The number of ether oxygens (including phenoxy) is 2. The molecule has 2 atom stereocenters. The van der Waals surface area contributed by atoms with E-state index in [9.17, 15) is 19.0 Å². The van der Waals surface area contributed by atoms with Crippen LogP contribution in [0.1, 0.15) is 58.8 Å². The zero-order valence-electron chi connectivity index (χ0n) is 15.7. The van der Waals surface area contributed by atoms with Crippen LogP contribution in [-0.2, 0) is 32.7 Å². The van der Waals surface area contributed by atoms with Crippen molar-refractivity contribution in [2.24, 2.45) is 5.73 Å². The topological polar surface area (TPSA) is 134 Å². The molecule has 0 aliphatic heterocycles. The van der Waals surface area contributed by atoms with Gasteiger partial charge in [-0.25, -0.2) is 4.57 Å². The van der Waals surface area contributed by atoms with E-state index >= 15 is 0 Å². The molecule has 0 fully saturated rings. The molecule has 9 nitrogen and oxygen atoms in total. The van der Waals surface area contributed by atoms with Gasteiger partial charge in [-0.15, -0.1) is 0 Å². The lowest BCUT2D eigenvalue weighted by molar-refractivity contribution is -0.159. The van der Waals surface area contributed by atoms with Crippen LogP contribution < -0.4 is 5.73 Å². The summed E-state index contributed by atoms with van der Waals surface area (Å²) >= 11 is 0. The summed E-state index contributed by atoms with van der Waals surface area (Å²) in [5, 5.41) is 0. The van der Waals surface area contributed by atoms with Gasteiger partial charge in [0.2, 0.25) is 0 Å². The van der Waals surface area contributed by atoms with Gasteiger partial charge in [-0.3, -0.25) is 18.6 Å². The summed E-state index contributed by atoms with van der Waals surface area (Å²) in [6, 6.07) is 0. The molecule has 0 aromatic heterocycles. The second-order valence-electron chi connectivity index (χ2n) is 5.82. The molecule has 0 saturated heterocycles. The maximum Gasteiger partial charge on any atom is 0.472 e. The van der Waals surface area contributed by atoms with Crippen molar-refractivity contribution in [3.05, 3.63) is 0 Å². The van der Waals surface area contributed by atoms with E-state index in [0.29, 0.717) is 0 Å². The Kier molecular flexibility index (Phi) is 14.5. The Labute approximate surface area is 155 Å². The lowest BCUT2D eigenvalue weighted by Crippen LogP contribution is -2.28. The summed E-state index contributed by atoms with van der Waals surface area (Å²) in [5.74, 6) is -1.04. The number of nitrogens with two attached hydrogens (primary N) is 1.